The second kappa shape index (κ2) is 10.5. The molecule has 0 amide bonds. The van der Waals surface area contributed by atoms with Crippen LogP contribution in [0.25, 0.3) is 0 Å². The quantitative estimate of drug-likeness (QED) is 0.421. The van der Waals surface area contributed by atoms with Crippen molar-refractivity contribution in [3.8, 4) is 0 Å². The molecular formula is C21H43N3Zr. The van der Waals surface area contributed by atoms with Crippen molar-refractivity contribution in [1.82, 2.24) is 8.53 Å². The van der Waals surface area contributed by atoms with Crippen LogP contribution in [0, 0.1) is 5.92 Å². The van der Waals surface area contributed by atoms with Crippen molar-refractivity contribution in [2.45, 2.75) is 64.9 Å². The molecule has 0 aromatic carbocycles. The van der Waals surface area contributed by atoms with Gasteiger partial charge in [0.05, 0.1) is 0 Å². The Labute approximate surface area is 163 Å². The molecule has 4 heteroatoms. The summed E-state index contributed by atoms with van der Waals surface area (Å²) in [5.41, 5.74) is 0. The molecule has 0 N–H and O–H groups in total. The molecule has 0 spiro atoms. The number of hydrogen-bond donors (Lipinski definition) is 0. The van der Waals surface area contributed by atoms with Gasteiger partial charge in [0, 0.05) is 0 Å². The first-order valence-corrected chi connectivity index (χ1v) is 15.1. The molecule has 0 saturated heterocycles. The van der Waals surface area contributed by atoms with Crippen LogP contribution in [-0.4, -0.2) is 47.8 Å². The third-order valence-electron chi connectivity index (χ3n) is 6.48. The molecule has 0 heterocycles. The molecule has 1 rings (SSSR count). The Morgan fingerprint density at radius 3 is 1.24 bits per heavy atom. The van der Waals surface area contributed by atoms with Gasteiger partial charge in [0.25, 0.3) is 0 Å². The molecule has 0 bridgehead atoms. The van der Waals surface area contributed by atoms with Crippen molar-refractivity contribution in [1.29, 1.82) is 0 Å². The first-order valence-electron chi connectivity index (χ1n) is 10.6. The van der Waals surface area contributed by atoms with E-state index in [1.54, 1.807) is 0 Å². The van der Waals surface area contributed by atoms with Crippen LogP contribution in [0.15, 0.2) is 24.3 Å². The normalized spacial score (nSPS) is 18.0. The van der Waals surface area contributed by atoms with E-state index in [0.717, 1.165) is 39.3 Å². The van der Waals surface area contributed by atoms with Crippen LogP contribution in [0.3, 0.4) is 0 Å². The summed E-state index contributed by atoms with van der Waals surface area (Å²) in [6.07, 6.45) is 11.1. The van der Waals surface area contributed by atoms with Crippen LogP contribution < -0.4 is 0 Å². The molecule has 25 heavy (non-hydrogen) atoms. The van der Waals surface area contributed by atoms with Gasteiger partial charge in [-0.15, -0.1) is 0 Å². The fourth-order valence-corrected chi connectivity index (χ4v) is 22.3. The van der Waals surface area contributed by atoms with Crippen LogP contribution >= 0.6 is 0 Å². The SMILES string of the molecule is CCC(C)[C]1([Zr]([N](CC)CC)([N](CC)CC)[N](CC)CC)C=CC=C1. The first kappa shape index (κ1) is 23.3. The van der Waals surface area contributed by atoms with Crippen molar-refractivity contribution in [2.24, 2.45) is 5.92 Å². The molecular weight excluding hydrogens is 385 g/mol. The summed E-state index contributed by atoms with van der Waals surface area (Å²) >= 11 is -3.20. The molecule has 1 atom stereocenters. The second-order valence-corrected chi connectivity index (χ2v) is 17.0. The van der Waals surface area contributed by atoms with Gasteiger partial charge >= 0.3 is 164 Å². The Kier molecular flexibility index (Phi) is 9.82. The van der Waals surface area contributed by atoms with E-state index in [2.05, 4.69) is 88.2 Å². The van der Waals surface area contributed by atoms with Crippen molar-refractivity contribution in [2.75, 3.05) is 39.3 Å². The van der Waals surface area contributed by atoms with E-state index < -0.39 is 21.1 Å². The minimum absolute atomic E-state index is 0.216. The fraction of sp³-hybridized carbons (Fsp3) is 0.810. The molecule has 0 fully saturated rings. The summed E-state index contributed by atoms with van der Waals surface area (Å²) in [5.74, 6) is 0.667. The van der Waals surface area contributed by atoms with E-state index in [1.165, 1.54) is 6.42 Å². The van der Waals surface area contributed by atoms with Crippen LogP contribution in [0.4, 0.5) is 0 Å². The van der Waals surface area contributed by atoms with Crippen LogP contribution in [0.2, 0.25) is 3.12 Å². The predicted molar refractivity (Wildman–Crippen MR) is 109 cm³/mol. The zero-order valence-corrected chi connectivity index (χ0v) is 20.6. The predicted octanol–water partition coefficient (Wildman–Crippen LogP) is 5.24. The van der Waals surface area contributed by atoms with E-state index in [-0.39, 0.29) is 3.12 Å². The van der Waals surface area contributed by atoms with E-state index in [0.29, 0.717) is 5.92 Å². The Hall–Kier alpha value is 0.243. The molecule has 1 aliphatic carbocycles. The maximum atomic E-state index is 2.92. The zero-order valence-electron chi connectivity index (χ0n) is 18.2. The Bertz CT molecular complexity index is 391. The van der Waals surface area contributed by atoms with Crippen molar-refractivity contribution < 1.29 is 21.1 Å². The standard InChI is InChI=1S/C9H13.3C4H10N.Zr/c1-3-8(2)9-6-4-5-7-9;3*1-3-5-4-2;/h4-8H,3H2,1-2H3;3*3-4H2,1-2H3;/q;3*-1;+3. The molecule has 3 nitrogen and oxygen atoms in total. The van der Waals surface area contributed by atoms with Gasteiger partial charge < -0.3 is 0 Å². The van der Waals surface area contributed by atoms with Gasteiger partial charge in [0.1, 0.15) is 0 Å². The summed E-state index contributed by atoms with van der Waals surface area (Å²) in [6, 6.07) is 0. The Morgan fingerprint density at radius 1 is 0.680 bits per heavy atom. The third kappa shape index (κ3) is 3.79. The van der Waals surface area contributed by atoms with E-state index in [1.807, 2.05) is 0 Å². The van der Waals surface area contributed by atoms with E-state index >= 15 is 0 Å². The molecule has 0 aromatic rings. The molecule has 0 saturated carbocycles. The number of allylic oxidation sites excluding steroid dienone is 4. The first-order chi connectivity index (χ1) is 12.0. The van der Waals surface area contributed by atoms with Crippen molar-refractivity contribution in [3.63, 3.8) is 0 Å². The summed E-state index contributed by atoms with van der Waals surface area (Å²) < 4.78 is 8.97. The Morgan fingerprint density at radius 2 is 1.00 bits per heavy atom. The summed E-state index contributed by atoms with van der Waals surface area (Å²) in [4.78, 5) is 0. The van der Waals surface area contributed by atoms with Gasteiger partial charge in [-0.3, -0.25) is 0 Å². The average molecular weight is 429 g/mol. The molecule has 0 aliphatic heterocycles. The van der Waals surface area contributed by atoms with Gasteiger partial charge in [-0.05, 0) is 0 Å². The van der Waals surface area contributed by atoms with Gasteiger partial charge in [0.15, 0.2) is 0 Å². The molecule has 0 radical (unpaired) electrons. The van der Waals surface area contributed by atoms with Crippen LogP contribution in [0.1, 0.15) is 61.8 Å². The topological polar surface area (TPSA) is 9.72 Å². The fourth-order valence-electron chi connectivity index (χ4n) is 5.12. The monoisotopic (exact) mass is 427 g/mol. The van der Waals surface area contributed by atoms with Crippen molar-refractivity contribution in [3.05, 3.63) is 24.3 Å². The Balaban J connectivity index is 3.84. The average Bonchev–Trinajstić information content (AvgIpc) is 3.14. The van der Waals surface area contributed by atoms with Crippen molar-refractivity contribution >= 4 is 0 Å². The summed E-state index contributed by atoms with van der Waals surface area (Å²) in [7, 11) is 0. The summed E-state index contributed by atoms with van der Waals surface area (Å²) in [5, 5.41) is 0. The van der Waals surface area contributed by atoms with Gasteiger partial charge in [-0.25, -0.2) is 0 Å². The zero-order chi connectivity index (χ0) is 19.1. The van der Waals surface area contributed by atoms with Crippen LogP contribution in [0.5, 0.6) is 0 Å². The van der Waals surface area contributed by atoms with E-state index in [4.69, 9.17) is 0 Å². The molecule has 0 aromatic heterocycles. The molecule has 1 aliphatic rings. The van der Waals surface area contributed by atoms with Gasteiger partial charge in [-0.1, -0.05) is 0 Å². The second-order valence-electron chi connectivity index (χ2n) is 7.11. The number of hydrogen-bond acceptors (Lipinski definition) is 3. The van der Waals surface area contributed by atoms with E-state index in [9.17, 15) is 0 Å². The summed E-state index contributed by atoms with van der Waals surface area (Å²) in [6.45, 7) is 26.0. The molecule has 1 unspecified atom stereocenters. The van der Waals surface area contributed by atoms with Gasteiger partial charge in [0.2, 0.25) is 0 Å². The van der Waals surface area contributed by atoms with Gasteiger partial charge in [-0.2, -0.15) is 0 Å². The third-order valence-corrected chi connectivity index (χ3v) is 22.5. The molecule has 146 valence electrons. The maximum absolute atomic E-state index is 3.20. The van der Waals surface area contributed by atoms with Crippen LogP contribution in [-0.2, 0) is 21.1 Å². The number of rotatable bonds is 12. The minimum atomic E-state index is -3.20. The number of nitrogens with zero attached hydrogens (tertiary/aromatic N) is 3.